The van der Waals surface area contributed by atoms with Gasteiger partial charge in [0, 0.05) is 6.42 Å². The third-order valence-electron chi connectivity index (χ3n) is 15.0. The number of ether oxygens (including phenoxy) is 6. The average molecular weight is 1150 g/mol. The number of aliphatic hydroxyl groups excluding tert-OH is 11. The standard InChI is InChI=1S/C62H107NO18/c1-3-5-7-9-11-13-14-15-16-17-18-19-20-21-22-23-24-25-26-27-28-29-30-32-34-36-38-40-50(68)63-45(46(67)39-37-35-33-31-12-10-8-6-4-2)44-76-60-56(74)53(71)58(48(42-65)78-60)81-62-57(75)54(72)59(49(43-66)79-62)80-61-55(73)52(70)51(69)47(41-64)77-61/h5,7,11,13,15-16,18-19,21-22,24-25,45-49,51-62,64-67,69-75H,3-4,6,8-10,12,14,17,20,23,26-44H2,1-2H3,(H,63,68)/b7-5-,13-11-,16-15-,19-18-,22-21-,25-24-. The predicted octanol–water partition coefficient (Wildman–Crippen LogP) is 5.82. The van der Waals surface area contributed by atoms with Crippen molar-refractivity contribution in [3.8, 4) is 0 Å². The number of unbranched alkanes of at least 4 members (excludes halogenated alkanes) is 16. The molecule has 81 heavy (non-hydrogen) atoms. The molecule has 0 aromatic heterocycles. The van der Waals surface area contributed by atoms with E-state index in [0.29, 0.717) is 12.8 Å². The third kappa shape index (κ3) is 28.3. The molecule has 468 valence electrons. The molecule has 3 aliphatic rings. The minimum absolute atomic E-state index is 0.252. The van der Waals surface area contributed by atoms with Crippen LogP contribution in [0.25, 0.3) is 0 Å². The number of hydrogen-bond acceptors (Lipinski definition) is 18. The minimum Gasteiger partial charge on any atom is -0.394 e. The molecule has 3 heterocycles. The second-order valence-electron chi connectivity index (χ2n) is 21.8. The molecule has 19 nitrogen and oxygen atoms in total. The molecule has 0 saturated carbocycles. The zero-order valence-electron chi connectivity index (χ0n) is 48.7. The predicted molar refractivity (Wildman–Crippen MR) is 309 cm³/mol. The second-order valence-corrected chi connectivity index (χ2v) is 21.8. The highest BCUT2D eigenvalue weighted by molar-refractivity contribution is 5.76. The van der Waals surface area contributed by atoms with E-state index in [-0.39, 0.29) is 18.9 Å². The van der Waals surface area contributed by atoms with E-state index in [0.717, 1.165) is 96.3 Å². The van der Waals surface area contributed by atoms with E-state index in [2.05, 4.69) is 92.1 Å². The Kier molecular flexibility index (Phi) is 40.0. The highest BCUT2D eigenvalue weighted by atomic mass is 16.8. The molecule has 0 spiro atoms. The van der Waals surface area contributed by atoms with E-state index in [4.69, 9.17) is 28.4 Å². The molecule has 0 bridgehead atoms. The van der Waals surface area contributed by atoms with Crippen molar-refractivity contribution < 1.29 is 89.4 Å². The van der Waals surface area contributed by atoms with Crippen LogP contribution in [0.5, 0.6) is 0 Å². The van der Waals surface area contributed by atoms with Crippen LogP contribution in [-0.2, 0) is 33.2 Å². The summed E-state index contributed by atoms with van der Waals surface area (Å²) in [5.41, 5.74) is 0. The summed E-state index contributed by atoms with van der Waals surface area (Å²) >= 11 is 0. The Morgan fingerprint density at radius 1 is 0.457 bits per heavy atom. The fraction of sp³-hybridized carbons (Fsp3) is 0.790. The van der Waals surface area contributed by atoms with E-state index in [1.54, 1.807) is 0 Å². The van der Waals surface area contributed by atoms with Crippen molar-refractivity contribution in [1.82, 2.24) is 5.32 Å². The lowest BCUT2D eigenvalue weighted by Crippen LogP contribution is -2.66. The number of rotatable bonds is 44. The van der Waals surface area contributed by atoms with Crippen LogP contribution < -0.4 is 5.32 Å². The van der Waals surface area contributed by atoms with Crippen LogP contribution in [-0.4, -0.2) is 193 Å². The highest BCUT2D eigenvalue weighted by Gasteiger charge is 2.53. The van der Waals surface area contributed by atoms with Crippen LogP contribution >= 0.6 is 0 Å². The summed E-state index contributed by atoms with van der Waals surface area (Å²) in [5, 5.41) is 120. The Hall–Kier alpha value is -2.77. The molecule has 0 aromatic carbocycles. The maximum absolute atomic E-state index is 13.3. The molecule has 3 fully saturated rings. The minimum atomic E-state index is -1.97. The first-order valence-corrected chi connectivity index (χ1v) is 30.7. The first-order chi connectivity index (χ1) is 39.3. The molecule has 17 atom stereocenters. The van der Waals surface area contributed by atoms with Crippen molar-refractivity contribution in [3.05, 3.63) is 72.9 Å². The second kappa shape index (κ2) is 44.7. The lowest BCUT2D eigenvalue weighted by Gasteiger charge is -2.48. The third-order valence-corrected chi connectivity index (χ3v) is 15.0. The van der Waals surface area contributed by atoms with Gasteiger partial charge in [0.05, 0.1) is 38.6 Å². The fourth-order valence-corrected chi connectivity index (χ4v) is 10.0. The van der Waals surface area contributed by atoms with Gasteiger partial charge in [-0.2, -0.15) is 0 Å². The first kappa shape index (κ1) is 72.5. The SMILES string of the molecule is CC/C=C\C/C=C\C/C=C\C/C=C\C/C=C\C/C=C\CCCCCCCCCCC(=O)NC(COC1OC(CO)C(OC2OC(CO)C(OC3OC(CO)C(O)C(O)C3O)C(O)C2O)C(O)C1O)C(O)CCCCCCCCCCC. The molecule has 12 N–H and O–H groups in total. The fourth-order valence-electron chi connectivity index (χ4n) is 10.0. The largest absolute Gasteiger partial charge is 0.394 e. The van der Waals surface area contributed by atoms with Gasteiger partial charge in [-0.1, -0.05) is 183 Å². The molecule has 3 rings (SSSR count). The van der Waals surface area contributed by atoms with Crippen molar-refractivity contribution >= 4 is 5.91 Å². The van der Waals surface area contributed by atoms with Gasteiger partial charge in [-0.25, -0.2) is 0 Å². The van der Waals surface area contributed by atoms with E-state index in [1.165, 1.54) is 51.4 Å². The lowest BCUT2D eigenvalue weighted by atomic mass is 9.96. The van der Waals surface area contributed by atoms with Crippen molar-refractivity contribution in [2.45, 2.75) is 285 Å². The van der Waals surface area contributed by atoms with Crippen LogP contribution in [0.2, 0.25) is 0 Å². The number of aliphatic hydroxyl groups is 11. The van der Waals surface area contributed by atoms with Gasteiger partial charge in [-0.3, -0.25) is 4.79 Å². The van der Waals surface area contributed by atoms with Crippen LogP contribution in [0.3, 0.4) is 0 Å². The summed E-state index contributed by atoms with van der Waals surface area (Å²) in [6.45, 7) is 1.61. The van der Waals surface area contributed by atoms with Crippen LogP contribution in [0.1, 0.15) is 181 Å². The summed E-state index contributed by atoms with van der Waals surface area (Å²) < 4.78 is 34.2. The number of allylic oxidation sites excluding steroid dienone is 12. The number of amides is 1. The number of hydrogen-bond donors (Lipinski definition) is 12. The maximum Gasteiger partial charge on any atom is 0.220 e. The Balaban J connectivity index is 1.41. The molecular weight excluding hydrogens is 1050 g/mol. The molecule has 19 heteroatoms. The van der Waals surface area contributed by atoms with Crippen LogP contribution in [0.4, 0.5) is 0 Å². The summed E-state index contributed by atoms with van der Waals surface area (Å²) in [6, 6.07) is -0.894. The Morgan fingerprint density at radius 2 is 0.852 bits per heavy atom. The van der Waals surface area contributed by atoms with Crippen LogP contribution in [0.15, 0.2) is 72.9 Å². The number of carbonyl (C=O) groups excluding carboxylic acids is 1. The molecule has 0 aromatic rings. The number of nitrogens with one attached hydrogen (secondary N) is 1. The zero-order valence-corrected chi connectivity index (χ0v) is 48.7. The Morgan fingerprint density at radius 3 is 1.33 bits per heavy atom. The molecule has 3 aliphatic heterocycles. The van der Waals surface area contributed by atoms with Crippen molar-refractivity contribution in [2.24, 2.45) is 0 Å². The zero-order chi connectivity index (χ0) is 59.0. The maximum atomic E-state index is 13.3. The molecule has 0 radical (unpaired) electrons. The summed E-state index contributed by atoms with van der Waals surface area (Å²) in [4.78, 5) is 13.3. The van der Waals surface area contributed by atoms with E-state index < -0.39 is 124 Å². The number of carbonyl (C=O) groups is 1. The topological polar surface area (TPSA) is 307 Å². The monoisotopic (exact) mass is 1150 g/mol. The highest BCUT2D eigenvalue weighted by Crippen LogP contribution is 2.33. The van der Waals surface area contributed by atoms with Gasteiger partial charge in [0.2, 0.25) is 5.91 Å². The van der Waals surface area contributed by atoms with Crippen molar-refractivity contribution in [2.75, 3.05) is 26.4 Å². The lowest BCUT2D eigenvalue weighted by molar-refractivity contribution is -0.379. The van der Waals surface area contributed by atoms with E-state index in [1.807, 2.05) is 0 Å². The Labute approximate surface area is 483 Å². The molecular formula is C62H107NO18. The summed E-state index contributed by atoms with van der Waals surface area (Å²) in [7, 11) is 0. The van der Waals surface area contributed by atoms with Gasteiger partial charge >= 0.3 is 0 Å². The van der Waals surface area contributed by atoms with Gasteiger partial charge < -0.3 is 89.9 Å². The smallest absolute Gasteiger partial charge is 0.220 e. The normalized spacial score (nSPS) is 30.3. The molecule has 17 unspecified atom stereocenters. The first-order valence-electron chi connectivity index (χ1n) is 30.7. The molecule has 3 saturated heterocycles. The van der Waals surface area contributed by atoms with Gasteiger partial charge in [-0.15, -0.1) is 0 Å². The summed E-state index contributed by atoms with van der Waals surface area (Å²) in [6.07, 6.45) is 25.8. The van der Waals surface area contributed by atoms with E-state index in [9.17, 15) is 61.0 Å². The van der Waals surface area contributed by atoms with Crippen LogP contribution in [0, 0.1) is 0 Å². The van der Waals surface area contributed by atoms with Gasteiger partial charge in [-0.05, 0) is 64.2 Å². The van der Waals surface area contributed by atoms with Gasteiger partial charge in [0.25, 0.3) is 0 Å². The molecule has 0 aliphatic carbocycles. The van der Waals surface area contributed by atoms with Gasteiger partial charge in [0.15, 0.2) is 18.9 Å². The van der Waals surface area contributed by atoms with E-state index >= 15 is 0 Å². The van der Waals surface area contributed by atoms with Crippen molar-refractivity contribution in [3.63, 3.8) is 0 Å². The quantitative estimate of drug-likeness (QED) is 0.0253. The Bertz CT molecular complexity index is 1760. The van der Waals surface area contributed by atoms with Gasteiger partial charge in [0.1, 0.15) is 73.2 Å². The van der Waals surface area contributed by atoms with Crippen molar-refractivity contribution in [1.29, 1.82) is 0 Å². The summed E-state index contributed by atoms with van der Waals surface area (Å²) in [5.74, 6) is -0.258. The average Bonchev–Trinajstić information content (AvgIpc) is 3.47. The molecule has 1 amide bonds.